The summed E-state index contributed by atoms with van der Waals surface area (Å²) in [6.07, 6.45) is -10.2. The Bertz CT molecular complexity index is 410. The van der Waals surface area contributed by atoms with Crippen LogP contribution < -0.4 is 0 Å². The summed E-state index contributed by atoms with van der Waals surface area (Å²) >= 11 is 0. The Labute approximate surface area is 116 Å². The summed E-state index contributed by atoms with van der Waals surface area (Å²) in [5.74, 6) is -2.33. The lowest BCUT2D eigenvalue weighted by molar-refractivity contribution is -0.340. The van der Waals surface area contributed by atoms with Gasteiger partial charge in [-0.15, -0.1) is 13.2 Å². The van der Waals surface area contributed by atoms with Gasteiger partial charge in [0.25, 0.3) is 0 Å². The maximum absolute atomic E-state index is 12.2. The van der Waals surface area contributed by atoms with Gasteiger partial charge in [-0.1, -0.05) is 0 Å². The largest absolute Gasteiger partial charge is 0.522 e. The molecule has 122 valence electrons. The maximum atomic E-state index is 12.2. The number of hydrogen-bond donors (Lipinski definition) is 0. The van der Waals surface area contributed by atoms with Gasteiger partial charge in [0.15, 0.2) is 0 Å². The highest BCUT2D eigenvalue weighted by Crippen LogP contribution is 2.41. The van der Waals surface area contributed by atoms with E-state index in [2.05, 4.69) is 9.47 Å². The highest BCUT2D eigenvalue weighted by atomic mass is 19.4. The number of alkyl halides is 6. The third-order valence-electron chi connectivity index (χ3n) is 3.78. The molecule has 0 aromatic heterocycles. The Hall–Kier alpha value is -1.03. The molecule has 2 aliphatic heterocycles. The molecule has 0 aliphatic carbocycles. The molecule has 0 spiro atoms. The van der Waals surface area contributed by atoms with Gasteiger partial charge in [-0.25, -0.2) is 4.79 Å². The third-order valence-corrected chi connectivity index (χ3v) is 3.78. The minimum Gasteiger partial charge on any atom is -0.457 e. The van der Waals surface area contributed by atoms with Crippen LogP contribution in [0.15, 0.2) is 0 Å². The second-order valence-electron chi connectivity index (χ2n) is 5.24. The molecule has 0 amide bonds. The number of esters is 1. The number of fused-ring (bicyclic) bond motifs is 1. The quantitative estimate of drug-likeness (QED) is 0.590. The third kappa shape index (κ3) is 3.79. The van der Waals surface area contributed by atoms with E-state index in [0.29, 0.717) is 19.4 Å². The summed E-state index contributed by atoms with van der Waals surface area (Å²) in [6, 6.07) is 0. The molecule has 0 aromatic carbocycles. The van der Waals surface area contributed by atoms with Crippen molar-refractivity contribution in [3.8, 4) is 0 Å². The van der Waals surface area contributed by atoms with Crippen molar-refractivity contribution in [2.45, 2.75) is 43.4 Å². The molecule has 2 saturated heterocycles. The highest BCUT2D eigenvalue weighted by Gasteiger charge is 2.53. The molecule has 10 heteroatoms. The summed E-state index contributed by atoms with van der Waals surface area (Å²) in [7, 11) is 0. The Morgan fingerprint density at radius 3 is 2.48 bits per heavy atom. The van der Waals surface area contributed by atoms with Crippen LogP contribution in [0.1, 0.15) is 19.3 Å². The summed E-state index contributed by atoms with van der Waals surface area (Å²) < 4.78 is 81.1. The molecule has 2 heterocycles. The second kappa shape index (κ2) is 5.31. The predicted molar refractivity (Wildman–Crippen MR) is 56.1 cm³/mol. The molecule has 4 nitrogen and oxygen atoms in total. The van der Waals surface area contributed by atoms with Crippen LogP contribution in [0.3, 0.4) is 0 Å². The lowest BCUT2D eigenvalue weighted by Gasteiger charge is -2.31. The van der Waals surface area contributed by atoms with Crippen molar-refractivity contribution in [2.24, 2.45) is 0 Å². The lowest BCUT2D eigenvalue weighted by Crippen LogP contribution is -2.44. The number of halogens is 6. The van der Waals surface area contributed by atoms with E-state index in [1.54, 1.807) is 4.90 Å². The summed E-state index contributed by atoms with van der Waals surface area (Å²) in [4.78, 5) is 12.3. The van der Waals surface area contributed by atoms with E-state index in [-0.39, 0.29) is 13.0 Å². The van der Waals surface area contributed by atoms with Crippen molar-refractivity contribution in [1.29, 1.82) is 0 Å². The zero-order chi connectivity index (χ0) is 15.9. The van der Waals surface area contributed by atoms with E-state index in [4.69, 9.17) is 0 Å². The molecular weight excluding hydrogens is 308 g/mol. The van der Waals surface area contributed by atoms with E-state index in [0.717, 1.165) is 0 Å². The van der Waals surface area contributed by atoms with Gasteiger partial charge < -0.3 is 4.74 Å². The molecule has 0 bridgehead atoms. The van der Waals surface area contributed by atoms with Gasteiger partial charge in [0.05, 0.1) is 11.6 Å². The molecule has 21 heavy (non-hydrogen) atoms. The molecule has 0 aromatic rings. The van der Waals surface area contributed by atoms with E-state index in [9.17, 15) is 31.1 Å². The van der Waals surface area contributed by atoms with E-state index < -0.39 is 36.8 Å². The second-order valence-corrected chi connectivity index (χ2v) is 5.24. The van der Waals surface area contributed by atoms with E-state index >= 15 is 0 Å². The molecule has 0 unspecified atom stereocenters. The number of carbonyl (C=O) groups excluding carboxylic acids is 1. The predicted octanol–water partition coefficient (Wildman–Crippen LogP) is 2.24. The Kier molecular flexibility index (Phi) is 4.13. The van der Waals surface area contributed by atoms with Crippen LogP contribution in [0, 0.1) is 0 Å². The molecule has 0 N–H and O–H groups in total. The summed E-state index contributed by atoms with van der Waals surface area (Å²) in [5, 5.41) is 0. The van der Waals surface area contributed by atoms with Gasteiger partial charge >= 0.3 is 18.5 Å². The first kappa shape index (κ1) is 16.3. The SMILES string of the molecule is O=C(OC[C@@]12CCCN1C[C@H](OC(F)(F)F)C2)C(F)(F)F. The van der Waals surface area contributed by atoms with Crippen LogP contribution in [0.5, 0.6) is 0 Å². The molecule has 0 saturated carbocycles. The van der Waals surface area contributed by atoms with Gasteiger partial charge in [-0.05, 0) is 25.8 Å². The van der Waals surface area contributed by atoms with Gasteiger partial charge in [0.1, 0.15) is 6.61 Å². The zero-order valence-electron chi connectivity index (χ0n) is 10.8. The van der Waals surface area contributed by atoms with Crippen LogP contribution >= 0.6 is 0 Å². The lowest BCUT2D eigenvalue weighted by atomic mass is 9.94. The molecular formula is C11H13F6NO3. The molecule has 0 radical (unpaired) electrons. The first-order chi connectivity index (χ1) is 9.52. The van der Waals surface area contributed by atoms with Crippen molar-refractivity contribution in [2.75, 3.05) is 19.7 Å². The monoisotopic (exact) mass is 321 g/mol. The van der Waals surface area contributed by atoms with Crippen LogP contribution in [0.4, 0.5) is 26.3 Å². The number of rotatable bonds is 3. The number of ether oxygens (including phenoxy) is 2. The van der Waals surface area contributed by atoms with Gasteiger partial charge in [-0.2, -0.15) is 13.2 Å². The van der Waals surface area contributed by atoms with E-state index in [1.165, 1.54) is 0 Å². The average Bonchev–Trinajstić information content (AvgIpc) is 2.78. The van der Waals surface area contributed by atoms with Crippen molar-refractivity contribution < 1.29 is 40.6 Å². The Morgan fingerprint density at radius 2 is 1.90 bits per heavy atom. The Balaban J connectivity index is 1.98. The summed E-state index contributed by atoms with van der Waals surface area (Å²) in [5.41, 5.74) is -0.989. The normalized spacial score (nSPS) is 30.5. The number of nitrogens with zero attached hydrogens (tertiary/aromatic N) is 1. The van der Waals surface area contributed by atoms with Crippen LogP contribution in [-0.4, -0.2) is 54.7 Å². The van der Waals surface area contributed by atoms with Gasteiger partial charge in [-0.3, -0.25) is 9.64 Å². The number of carbonyl (C=O) groups is 1. The smallest absolute Gasteiger partial charge is 0.457 e. The van der Waals surface area contributed by atoms with Crippen molar-refractivity contribution in [3.63, 3.8) is 0 Å². The fourth-order valence-corrected chi connectivity index (χ4v) is 3.02. The van der Waals surface area contributed by atoms with Crippen molar-refractivity contribution >= 4 is 5.97 Å². The maximum Gasteiger partial charge on any atom is 0.522 e. The number of hydrogen-bond acceptors (Lipinski definition) is 4. The van der Waals surface area contributed by atoms with Crippen LogP contribution in [0.25, 0.3) is 0 Å². The van der Waals surface area contributed by atoms with Crippen LogP contribution in [0.2, 0.25) is 0 Å². The average molecular weight is 321 g/mol. The van der Waals surface area contributed by atoms with Gasteiger partial charge in [0, 0.05) is 6.54 Å². The van der Waals surface area contributed by atoms with Crippen molar-refractivity contribution in [3.05, 3.63) is 0 Å². The minimum absolute atomic E-state index is 0.0386. The van der Waals surface area contributed by atoms with Crippen LogP contribution in [-0.2, 0) is 14.3 Å². The first-order valence-corrected chi connectivity index (χ1v) is 6.25. The standard InChI is InChI=1S/C11H13F6NO3/c12-10(13,14)8(19)20-6-9-2-1-3-18(9)5-7(4-9)21-11(15,16)17/h7H,1-6H2/t7-,9+/m1/s1. The summed E-state index contributed by atoms with van der Waals surface area (Å²) in [6.45, 7) is -0.173. The molecule has 2 fully saturated rings. The topological polar surface area (TPSA) is 38.8 Å². The minimum atomic E-state index is -5.11. The fourth-order valence-electron chi connectivity index (χ4n) is 3.02. The highest BCUT2D eigenvalue weighted by molar-refractivity contribution is 5.75. The van der Waals surface area contributed by atoms with Gasteiger partial charge in [0.2, 0.25) is 0 Å². The molecule has 2 atom stereocenters. The fraction of sp³-hybridized carbons (Fsp3) is 0.909. The first-order valence-electron chi connectivity index (χ1n) is 6.25. The molecule has 2 aliphatic rings. The zero-order valence-corrected chi connectivity index (χ0v) is 10.8. The van der Waals surface area contributed by atoms with Crippen molar-refractivity contribution in [1.82, 2.24) is 4.90 Å². The van der Waals surface area contributed by atoms with E-state index in [1.807, 2.05) is 0 Å². The Morgan fingerprint density at radius 1 is 1.24 bits per heavy atom. The molecule has 2 rings (SSSR count).